The Balaban J connectivity index is 3.29. The SMILES string of the molecule is CCCCC1C(C(=O)O)=C(OC)C=CC1(C)C(=O)O. The largest absolute Gasteiger partial charge is 0.496 e. The summed E-state index contributed by atoms with van der Waals surface area (Å²) >= 11 is 0. The predicted molar refractivity (Wildman–Crippen MR) is 69.6 cm³/mol. The molecule has 0 aromatic heterocycles. The summed E-state index contributed by atoms with van der Waals surface area (Å²) in [5.74, 6) is -2.47. The Kier molecular flexibility index (Phi) is 4.75. The van der Waals surface area contributed by atoms with Crippen LogP contribution in [0.5, 0.6) is 0 Å². The van der Waals surface area contributed by atoms with Crippen LogP contribution in [0, 0.1) is 11.3 Å². The molecule has 1 aliphatic carbocycles. The lowest BCUT2D eigenvalue weighted by molar-refractivity contribution is -0.148. The average Bonchev–Trinajstić information content (AvgIpc) is 2.36. The highest BCUT2D eigenvalue weighted by molar-refractivity contribution is 5.91. The van der Waals surface area contributed by atoms with Gasteiger partial charge in [0.1, 0.15) is 5.76 Å². The van der Waals surface area contributed by atoms with Gasteiger partial charge in [0.15, 0.2) is 0 Å². The molecule has 1 aliphatic rings. The van der Waals surface area contributed by atoms with E-state index in [0.29, 0.717) is 6.42 Å². The molecule has 0 spiro atoms. The number of unbranched alkanes of at least 4 members (excludes halogenated alkanes) is 1. The van der Waals surface area contributed by atoms with Crippen LogP contribution in [0.3, 0.4) is 0 Å². The molecular weight excluding hydrogens is 248 g/mol. The first-order chi connectivity index (χ1) is 8.88. The number of methoxy groups -OCH3 is 1. The number of carbonyl (C=O) groups is 2. The van der Waals surface area contributed by atoms with E-state index in [1.165, 1.54) is 19.3 Å². The van der Waals surface area contributed by atoms with Crippen LogP contribution in [0.25, 0.3) is 0 Å². The van der Waals surface area contributed by atoms with Crippen molar-refractivity contribution >= 4 is 11.9 Å². The second-order valence-electron chi connectivity index (χ2n) is 4.90. The topological polar surface area (TPSA) is 83.8 Å². The molecule has 2 unspecified atom stereocenters. The highest BCUT2D eigenvalue weighted by Crippen LogP contribution is 2.43. The molecule has 2 atom stereocenters. The standard InChI is InChI=1S/C14H20O5/c1-4-5-6-9-11(12(15)16)10(19-3)7-8-14(9,2)13(17)18/h7-9H,4-6H2,1-3H3,(H,15,16)(H,17,18). The van der Waals surface area contributed by atoms with Crippen molar-refractivity contribution in [3.05, 3.63) is 23.5 Å². The lowest BCUT2D eigenvalue weighted by Gasteiger charge is -2.35. The van der Waals surface area contributed by atoms with Crippen LogP contribution < -0.4 is 0 Å². The number of aliphatic carboxylic acids is 2. The zero-order valence-electron chi connectivity index (χ0n) is 11.5. The molecule has 106 valence electrons. The summed E-state index contributed by atoms with van der Waals surface area (Å²) in [5.41, 5.74) is -1.14. The van der Waals surface area contributed by atoms with Gasteiger partial charge in [0, 0.05) is 5.92 Å². The Morgan fingerprint density at radius 2 is 2.05 bits per heavy atom. The van der Waals surface area contributed by atoms with E-state index in [1.54, 1.807) is 6.92 Å². The molecule has 0 saturated heterocycles. The monoisotopic (exact) mass is 268 g/mol. The quantitative estimate of drug-likeness (QED) is 0.773. The van der Waals surface area contributed by atoms with Gasteiger partial charge in [-0.25, -0.2) is 4.79 Å². The Bertz CT molecular complexity index is 435. The van der Waals surface area contributed by atoms with Crippen molar-refractivity contribution < 1.29 is 24.5 Å². The third-order valence-corrected chi connectivity index (χ3v) is 3.68. The highest BCUT2D eigenvalue weighted by atomic mass is 16.5. The van der Waals surface area contributed by atoms with Crippen molar-refractivity contribution in [3.8, 4) is 0 Å². The van der Waals surface area contributed by atoms with Crippen molar-refractivity contribution in [3.63, 3.8) is 0 Å². The van der Waals surface area contributed by atoms with E-state index < -0.39 is 23.3 Å². The minimum atomic E-state index is -1.20. The third kappa shape index (κ3) is 2.80. The molecule has 5 heteroatoms. The van der Waals surface area contributed by atoms with Crippen LogP contribution in [0.4, 0.5) is 0 Å². The van der Waals surface area contributed by atoms with Gasteiger partial charge in [-0.05, 0) is 19.4 Å². The number of carboxylic acid groups (broad SMARTS) is 2. The van der Waals surface area contributed by atoms with E-state index in [0.717, 1.165) is 12.8 Å². The van der Waals surface area contributed by atoms with Gasteiger partial charge in [-0.15, -0.1) is 0 Å². The summed E-state index contributed by atoms with van der Waals surface area (Å²) in [6.45, 7) is 3.54. The third-order valence-electron chi connectivity index (χ3n) is 3.68. The first-order valence-corrected chi connectivity index (χ1v) is 6.32. The van der Waals surface area contributed by atoms with Gasteiger partial charge in [-0.1, -0.05) is 25.8 Å². The lowest BCUT2D eigenvalue weighted by Crippen LogP contribution is -2.39. The molecular formula is C14H20O5. The average molecular weight is 268 g/mol. The number of rotatable bonds is 6. The minimum absolute atomic E-state index is 0.0587. The Morgan fingerprint density at radius 1 is 1.42 bits per heavy atom. The fourth-order valence-electron chi connectivity index (χ4n) is 2.43. The van der Waals surface area contributed by atoms with Gasteiger partial charge < -0.3 is 14.9 Å². The molecule has 0 saturated carbocycles. The molecule has 0 amide bonds. The molecule has 0 aromatic carbocycles. The fraction of sp³-hybridized carbons (Fsp3) is 0.571. The highest BCUT2D eigenvalue weighted by Gasteiger charge is 2.46. The molecule has 0 bridgehead atoms. The van der Waals surface area contributed by atoms with E-state index in [1.807, 2.05) is 6.92 Å². The summed E-state index contributed by atoms with van der Waals surface area (Å²) in [7, 11) is 1.39. The van der Waals surface area contributed by atoms with Crippen molar-refractivity contribution in [1.82, 2.24) is 0 Å². The summed E-state index contributed by atoms with van der Waals surface area (Å²) in [5, 5.41) is 18.8. The van der Waals surface area contributed by atoms with Gasteiger partial charge >= 0.3 is 11.9 Å². The van der Waals surface area contributed by atoms with E-state index in [9.17, 15) is 19.8 Å². The number of hydrogen-bond acceptors (Lipinski definition) is 3. The normalized spacial score (nSPS) is 26.4. The molecule has 0 radical (unpaired) electrons. The van der Waals surface area contributed by atoms with E-state index >= 15 is 0 Å². The van der Waals surface area contributed by atoms with Crippen LogP contribution >= 0.6 is 0 Å². The second kappa shape index (κ2) is 5.91. The summed E-state index contributed by atoms with van der Waals surface area (Å²) in [4.78, 5) is 22.9. The maximum absolute atomic E-state index is 11.5. The Labute approximate surface area is 112 Å². The molecule has 0 heterocycles. The summed E-state index contributed by atoms with van der Waals surface area (Å²) in [6, 6.07) is 0. The van der Waals surface area contributed by atoms with Gasteiger partial charge in [0.25, 0.3) is 0 Å². The lowest BCUT2D eigenvalue weighted by atomic mass is 9.68. The Hall–Kier alpha value is -1.78. The van der Waals surface area contributed by atoms with Crippen molar-refractivity contribution in [2.24, 2.45) is 11.3 Å². The zero-order valence-corrected chi connectivity index (χ0v) is 11.5. The Morgan fingerprint density at radius 3 is 2.47 bits per heavy atom. The summed E-state index contributed by atoms with van der Waals surface area (Å²) < 4.78 is 5.07. The van der Waals surface area contributed by atoms with Crippen LogP contribution in [0.2, 0.25) is 0 Å². The van der Waals surface area contributed by atoms with Gasteiger partial charge in [-0.2, -0.15) is 0 Å². The van der Waals surface area contributed by atoms with Gasteiger partial charge in [-0.3, -0.25) is 4.79 Å². The number of carboxylic acids is 2. The van der Waals surface area contributed by atoms with Gasteiger partial charge in [0.2, 0.25) is 0 Å². The first kappa shape index (κ1) is 15.3. The van der Waals surface area contributed by atoms with E-state index in [-0.39, 0.29) is 11.3 Å². The molecule has 2 N–H and O–H groups in total. The summed E-state index contributed by atoms with van der Waals surface area (Å²) in [6.07, 6.45) is 5.14. The van der Waals surface area contributed by atoms with Crippen LogP contribution in [-0.4, -0.2) is 29.3 Å². The second-order valence-corrected chi connectivity index (χ2v) is 4.90. The van der Waals surface area contributed by atoms with Crippen LogP contribution in [0.1, 0.15) is 33.1 Å². The minimum Gasteiger partial charge on any atom is -0.496 e. The molecule has 5 nitrogen and oxygen atoms in total. The first-order valence-electron chi connectivity index (χ1n) is 6.32. The van der Waals surface area contributed by atoms with E-state index in [4.69, 9.17) is 4.74 Å². The molecule has 0 aliphatic heterocycles. The number of hydrogen-bond donors (Lipinski definition) is 2. The van der Waals surface area contributed by atoms with Crippen molar-refractivity contribution in [2.45, 2.75) is 33.1 Å². The molecule has 0 aromatic rings. The van der Waals surface area contributed by atoms with Crippen molar-refractivity contribution in [1.29, 1.82) is 0 Å². The number of ether oxygens (including phenoxy) is 1. The van der Waals surface area contributed by atoms with Crippen LogP contribution in [-0.2, 0) is 14.3 Å². The van der Waals surface area contributed by atoms with Gasteiger partial charge in [0.05, 0.1) is 18.1 Å². The fourth-order valence-corrected chi connectivity index (χ4v) is 2.43. The molecule has 19 heavy (non-hydrogen) atoms. The van der Waals surface area contributed by atoms with E-state index in [2.05, 4.69) is 0 Å². The molecule has 0 fully saturated rings. The smallest absolute Gasteiger partial charge is 0.335 e. The zero-order chi connectivity index (χ0) is 14.6. The molecule has 1 rings (SSSR count). The predicted octanol–water partition coefficient (Wildman–Crippen LogP) is 2.44. The maximum atomic E-state index is 11.5. The number of allylic oxidation sites excluding steroid dienone is 1. The van der Waals surface area contributed by atoms with Crippen LogP contribution in [0.15, 0.2) is 23.5 Å². The maximum Gasteiger partial charge on any atom is 0.335 e. The van der Waals surface area contributed by atoms with Crippen molar-refractivity contribution in [2.75, 3.05) is 7.11 Å².